The van der Waals surface area contributed by atoms with E-state index in [-0.39, 0.29) is 25.0 Å². The molecule has 190 valence electrons. The van der Waals surface area contributed by atoms with Gasteiger partial charge in [0.2, 0.25) is 11.8 Å². The quantitative estimate of drug-likeness (QED) is 0.295. The second-order valence-electron chi connectivity index (χ2n) is 8.24. The summed E-state index contributed by atoms with van der Waals surface area (Å²) in [5, 5.41) is 17.6. The van der Waals surface area contributed by atoms with E-state index in [4.69, 9.17) is 9.84 Å². The molecule has 2 amide bonds. The van der Waals surface area contributed by atoms with Crippen molar-refractivity contribution in [2.45, 2.75) is 6.92 Å². The zero-order valence-corrected chi connectivity index (χ0v) is 20.2. The molecule has 4 N–H and O–H groups in total. The van der Waals surface area contributed by atoms with Crippen LogP contribution in [0.2, 0.25) is 0 Å². The third kappa shape index (κ3) is 9.57. The first kappa shape index (κ1) is 26.5. The summed E-state index contributed by atoms with van der Waals surface area (Å²) in [5.74, 6) is 1.26. The highest BCUT2D eigenvalue weighted by Crippen LogP contribution is 2.20. The van der Waals surface area contributed by atoms with Crippen molar-refractivity contribution in [3.63, 3.8) is 0 Å². The molecule has 1 aromatic carbocycles. The van der Waals surface area contributed by atoms with Gasteiger partial charge in [-0.3, -0.25) is 19.4 Å². The van der Waals surface area contributed by atoms with Crippen LogP contribution in [0, 0.1) is 0 Å². The van der Waals surface area contributed by atoms with Gasteiger partial charge in [-0.15, -0.1) is 0 Å². The lowest BCUT2D eigenvalue weighted by Gasteiger charge is -2.34. The fourth-order valence-electron chi connectivity index (χ4n) is 3.66. The predicted molar refractivity (Wildman–Crippen MR) is 134 cm³/mol. The van der Waals surface area contributed by atoms with Gasteiger partial charge in [0.1, 0.15) is 11.6 Å². The monoisotopic (exact) mass is 485 g/mol. The van der Waals surface area contributed by atoms with Gasteiger partial charge in [0.05, 0.1) is 26.4 Å². The molecule has 0 atom stereocenters. The van der Waals surface area contributed by atoms with Crippen molar-refractivity contribution in [3.05, 3.63) is 36.4 Å². The lowest BCUT2D eigenvalue weighted by atomic mass is 10.2. The van der Waals surface area contributed by atoms with Crippen molar-refractivity contribution in [2.24, 2.45) is 0 Å². The number of nitrogens with one attached hydrogen (secondary N) is 3. The van der Waals surface area contributed by atoms with Crippen molar-refractivity contribution in [1.29, 1.82) is 0 Å². The maximum absolute atomic E-state index is 12.8. The number of hydrogen-bond acceptors (Lipinski definition) is 9. The van der Waals surface area contributed by atoms with E-state index in [0.29, 0.717) is 43.8 Å². The number of aliphatic hydroxyl groups is 1. The summed E-state index contributed by atoms with van der Waals surface area (Å²) in [7, 11) is 0. The van der Waals surface area contributed by atoms with Crippen LogP contribution < -0.4 is 16.0 Å². The van der Waals surface area contributed by atoms with E-state index >= 15 is 0 Å². The summed E-state index contributed by atoms with van der Waals surface area (Å²) in [4.78, 5) is 37.4. The van der Waals surface area contributed by atoms with Crippen molar-refractivity contribution < 1.29 is 19.4 Å². The number of amides is 2. The Kier molecular flexibility index (Phi) is 10.8. The van der Waals surface area contributed by atoms with Crippen LogP contribution >= 0.6 is 0 Å². The molecule has 3 rings (SSSR count). The van der Waals surface area contributed by atoms with Crippen LogP contribution in [-0.4, -0.2) is 109 Å². The predicted octanol–water partition coefficient (Wildman–Crippen LogP) is 0.257. The van der Waals surface area contributed by atoms with Gasteiger partial charge in [-0.05, 0) is 0 Å². The Bertz CT molecular complexity index is 937. The standard InChI is InChI=1S/C24H35N7O4/c1-19(33)25-7-8-26-21-17-22(29-24(28-21)20-5-3-2-4-6-20)27-23(34)18-31-11-9-30(10-12-31)13-15-35-16-14-32/h2-6,17,32H,7-16,18H2,1H3,(H,25,33)(H2,26,27,28,29,34). The molecule has 0 saturated carbocycles. The third-order valence-electron chi connectivity index (χ3n) is 5.45. The highest BCUT2D eigenvalue weighted by molar-refractivity contribution is 5.92. The average molecular weight is 486 g/mol. The SMILES string of the molecule is CC(=O)NCCNc1cc(NC(=O)CN2CCN(CCOCCO)CC2)nc(-c2ccccc2)n1. The van der Waals surface area contributed by atoms with Crippen LogP contribution in [0.4, 0.5) is 11.6 Å². The lowest BCUT2D eigenvalue weighted by molar-refractivity contribution is -0.119. The minimum Gasteiger partial charge on any atom is -0.394 e. The fourth-order valence-corrected chi connectivity index (χ4v) is 3.66. The first-order valence-corrected chi connectivity index (χ1v) is 11.9. The molecule has 0 aliphatic carbocycles. The summed E-state index contributed by atoms with van der Waals surface area (Å²) in [6.07, 6.45) is 0. The molecule has 1 saturated heterocycles. The van der Waals surface area contributed by atoms with E-state index in [1.807, 2.05) is 30.3 Å². The Balaban J connectivity index is 1.55. The second-order valence-corrected chi connectivity index (χ2v) is 8.24. The molecule has 35 heavy (non-hydrogen) atoms. The highest BCUT2D eigenvalue weighted by atomic mass is 16.5. The van der Waals surface area contributed by atoms with E-state index in [2.05, 4.69) is 35.7 Å². The normalized spacial score (nSPS) is 14.5. The number of hydrogen-bond donors (Lipinski definition) is 4. The Morgan fingerprint density at radius 2 is 1.71 bits per heavy atom. The van der Waals surface area contributed by atoms with Gasteiger partial charge < -0.3 is 25.8 Å². The molecule has 2 aromatic rings. The first-order chi connectivity index (χ1) is 17.0. The molecule has 1 aliphatic heterocycles. The number of carbonyl (C=O) groups is 2. The number of aromatic nitrogens is 2. The molecular weight excluding hydrogens is 450 g/mol. The third-order valence-corrected chi connectivity index (χ3v) is 5.45. The summed E-state index contributed by atoms with van der Waals surface area (Å²) in [6.45, 7) is 7.84. The van der Waals surface area contributed by atoms with E-state index in [1.165, 1.54) is 6.92 Å². The summed E-state index contributed by atoms with van der Waals surface area (Å²) < 4.78 is 5.33. The molecule has 2 heterocycles. The largest absolute Gasteiger partial charge is 0.394 e. The number of benzene rings is 1. The van der Waals surface area contributed by atoms with Gasteiger partial charge in [-0.25, -0.2) is 9.97 Å². The van der Waals surface area contributed by atoms with Crippen LogP contribution in [-0.2, 0) is 14.3 Å². The molecule has 1 aliphatic rings. The smallest absolute Gasteiger partial charge is 0.239 e. The minimum absolute atomic E-state index is 0.0384. The van der Waals surface area contributed by atoms with Crippen molar-refractivity contribution in [3.8, 4) is 11.4 Å². The number of carbonyl (C=O) groups excluding carboxylic acids is 2. The van der Waals surface area contributed by atoms with Crippen LogP contribution in [0.3, 0.4) is 0 Å². The molecule has 1 aromatic heterocycles. The van der Waals surface area contributed by atoms with Gasteiger partial charge in [-0.2, -0.15) is 0 Å². The molecule has 0 unspecified atom stereocenters. The summed E-state index contributed by atoms with van der Waals surface area (Å²) in [6, 6.07) is 11.3. The molecule has 0 radical (unpaired) electrons. The van der Waals surface area contributed by atoms with E-state index in [0.717, 1.165) is 38.3 Å². The Morgan fingerprint density at radius 3 is 2.43 bits per heavy atom. The van der Waals surface area contributed by atoms with Crippen molar-refractivity contribution in [1.82, 2.24) is 25.1 Å². The van der Waals surface area contributed by atoms with E-state index < -0.39 is 0 Å². The van der Waals surface area contributed by atoms with Gasteiger partial charge in [0.15, 0.2) is 5.82 Å². The molecule has 11 nitrogen and oxygen atoms in total. The first-order valence-electron chi connectivity index (χ1n) is 11.9. The maximum atomic E-state index is 12.8. The van der Waals surface area contributed by atoms with Crippen molar-refractivity contribution in [2.75, 3.05) is 82.8 Å². The van der Waals surface area contributed by atoms with Gasteiger partial charge >= 0.3 is 0 Å². The molecule has 11 heteroatoms. The topological polar surface area (TPSA) is 132 Å². The van der Waals surface area contributed by atoms with Crippen LogP contribution in [0.5, 0.6) is 0 Å². The van der Waals surface area contributed by atoms with Crippen molar-refractivity contribution >= 4 is 23.5 Å². The Hall–Kier alpha value is -3.12. The fraction of sp³-hybridized carbons (Fsp3) is 0.500. The van der Waals surface area contributed by atoms with E-state index in [1.54, 1.807) is 6.07 Å². The molecular formula is C24H35N7O4. The summed E-state index contributed by atoms with van der Waals surface area (Å²) >= 11 is 0. The maximum Gasteiger partial charge on any atom is 0.239 e. The number of piperazine rings is 1. The van der Waals surface area contributed by atoms with Gasteiger partial charge in [-0.1, -0.05) is 30.3 Å². The zero-order valence-electron chi connectivity index (χ0n) is 20.2. The van der Waals surface area contributed by atoms with Crippen LogP contribution in [0.25, 0.3) is 11.4 Å². The van der Waals surface area contributed by atoms with Gasteiger partial charge in [0, 0.05) is 64.4 Å². The molecule has 0 spiro atoms. The Labute approximate surface area is 205 Å². The van der Waals surface area contributed by atoms with E-state index in [9.17, 15) is 9.59 Å². The number of ether oxygens (including phenoxy) is 1. The Morgan fingerprint density at radius 1 is 1.00 bits per heavy atom. The number of rotatable bonds is 13. The number of anilines is 2. The number of aliphatic hydroxyl groups excluding tert-OH is 1. The minimum atomic E-state index is -0.133. The molecule has 0 bridgehead atoms. The highest BCUT2D eigenvalue weighted by Gasteiger charge is 2.19. The molecule has 1 fully saturated rings. The second kappa shape index (κ2) is 14.3. The average Bonchev–Trinajstić information content (AvgIpc) is 2.86. The number of nitrogens with zero attached hydrogens (tertiary/aromatic N) is 4. The lowest BCUT2D eigenvalue weighted by Crippen LogP contribution is -2.49. The van der Waals surface area contributed by atoms with Crippen LogP contribution in [0.1, 0.15) is 6.92 Å². The summed E-state index contributed by atoms with van der Waals surface area (Å²) in [5.41, 5.74) is 0.840. The zero-order chi connectivity index (χ0) is 24.9. The van der Waals surface area contributed by atoms with Gasteiger partial charge in [0.25, 0.3) is 0 Å². The van der Waals surface area contributed by atoms with Crippen LogP contribution in [0.15, 0.2) is 36.4 Å².